The van der Waals surface area contributed by atoms with Crippen LogP contribution in [0.3, 0.4) is 0 Å². The molecule has 0 saturated carbocycles. The van der Waals surface area contributed by atoms with Gasteiger partial charge in [0.05, 0.1) is 29.1 Å². The van der Waals surface area contributed by atoms with E-state index in [1.54, 1.807) is 25.3 Å². The molecule has 1 heterocycles. The molecule has 0 amide bonds. The lowest BCUT2D eigenvalue weighted by Crippen LogP contribution is -2.23. The highest BCUT2D eigenvalue weighted by Gasteiger charge is 2.16. The Morgan fingerprint density at radius 3 is 2.58 bits per heavy atom. The number of nitrogens with zero attached hydrogens (tertiary/aromatic N) is 2. The van der Waals surface area contributed by atoms with E-state index >= 15 is 0 Å². The normalized spacial score (nSPS) is 13.2. The largest absolute Gasteiger partial charge is 0.383 e. The predicted molar refractivity (Wildman–Crippen MR) is 106 cm³/mol. The number of aromatic nitrogens is 1. The van der Waals surface area contributed by atoms with Crippen molar-refractivity contribution in [2.75, 3.05) is 13.7 Å². The molecule has 136 valence electrons. The zero-order valence-corrected chi connectivity index (χ0v) is 16.6. The fraction of sp³-hybridized carbons (Fsp3) is 0.211. The maximum absolute atomic E-state index is 13.1. The molecule has 0 bridgehead atoms. The smallest absolute Gasteiger partial charge is 0.190 e. The van der Waals surface area contributed by atoms with Gasteiger partial charge in [0.1, 0.15) is 5.82 Å². The molecule has 1 atom stereocenters. The number of thiazole rings is 1. The van der Waals surface area contributed by atoms with E-state index in [0.29, 0.717) is 22.3 Å². The molecule has 0 N–H and O–H groups in total. The van der Waals surface area contributed by atoms with Crippen LogP contribution in [0.25, 0.3) is 11.3 Å². The summed E-state index contributed by atoms with van der Waals surface area (Å²) >= 11 is 13.9. The van der Waals surface area contributed by atoms with Crippen molar-refractivity contribution < 1.29 is 9.13 Å². The van der Waals surface area contributed by atoms with Gasteiger partial charge in [-0.2, -0.15) is 0 Å². The Kier molecular flexibility index (Phi) is 6.14. The molecule has 3 rings (SSSR count). The van der Waals surface area contributed by atoms with Crippen molar-refractivity contribution in [1.29, 1.82) is 0 Å². The Labute approximate surface area is 165 Å². The lowest BCUT2D eigenvalue weighted by Gasteiger charge is -2.17. The Morgan fingerprint density at radius 1 is 1.19 bits per heavy atom. The lowest BCUT2D eigenvalue weighted by atomic mass is 10.1. The van der Waals surface area contributed by atoms with Crippen molar-refractivity contribution in [3.63, 3.8) is 0 Å². The standard InChI is InChI=1S/C19H17Cl2FN2OS/c1-12(10-25-2)24-18(16-8-3-13(20)9-17(16)21)11-26-19(24)23-15-6-4-14(22)5-7-15/h3-9,11-12H,10H2,1-2H3/t12-/m1/s1. The maximum atomic E-state index is 13.1. The zero-order chi connectivity index (χ0) is 18.7. The summed E-state index contributed by atoms with van der Waals surface area (Å²) in [6.45, 7) is 2.57. The van der Waals surface area contributed by atoms with Gasteiger partial charge in [-0.25, -0.2) is 9.38 Å². The molecule has 0 aliphatic heterocycles. The second kappa shape index (κ2) is 8.35. The van der Waals surface area contributed by atoms with E-state index in [9.17, 15) is 4.39 Å². The number of hydrogen-bond donors (Lipinski definition) is 0. The Balaban J connectivity index is 2.17. The average Bonchev–Trinajstić information content (AvgIpc) is 3.00. The topological polar surface area (TPSA) is 26.5 Å². The average molecular weight is 411 g/mol. The molecular weight excluding hydrogens is 394 g/mol. The van der Waals surface area contributed by atoms with Crippen molar-refractivity contribution >= 4 is 40.2 Å². The van der Waals surface area contributed by atoms with Gasteiger partial charge < -0.3 is 9.30 Å². The molecule has 0 spiro atoms. The number of hydrogen-bond acceptors (Lipinski definition) is 3. The summed E-state index contributed by atoms with van der Waals surface area (Å²) in [6, 6.07) is 11.5. The van der Waals surface area contributed by atoms with Crippen molar-refractivity contribution in [3.8, 4) is 11.3 Å². The number of methoxy groups -OCH3 is 1. The highest BCUT2D eigenvalue weighted by molar-refractivity contribution is 7.07. The fourth-order valence-corrected chi connectivity index (χ4v) is 4.18. The van der Waals surface area contributed by atoms with Gasteiger partial charge in [0.2, 0.25) is 0 Å². The Morgan fingerprint density at radius 2 is 1.92 bits per heavy atom. The van der Waals surface area contributed by atoms with E-state index in [4.69, 9.17) is 27.9 Å². The maximum Gasteiger partial charge on any atom is 0.190 e. The van der Waals surface area contributed by atoms with Crippen LogP contribution in [-0.4, -0.2) is 18.3 Å². The van der Waals surface area contributed by atoms with Gasteiger partial charge in [-0.3, -0.25) is 0 Å². The molecule has 26 heavy (non-hydrogen) atoms. The van der Waals surface area contributed by atoms with Crippen LogP contribution in [0.4, 0.5) is 10.1 Å². The molecule has 0 radical (unpaired) electrons. The highest BCUT2D eigenvalue weighted by atomic mass is 35.5. The first-order valence-corrected chi connectivity index (χ1v) is 9.58. The van der Waals surface area contributed by atoms with E-state index < -0.39 is 0 Å². The Bertz CT molecular complexity index is 966. The van der Waals surface area contributed by atoms with E-state index in [0.717, 1.165) is 16.1 Å². The van der Waals surface area contributed by atoms with Crippen LogP contribution in [0.5, 0.6) is 0 Å². The second-order valence-electron chi connectivity index (χ2n) is 5.79. The van der Waals surface area contributed by atoms with Crippen LogP contribution in [0.2, 0.25) is 10.0 Å². The highest BCUT2D eigenvalue weighted by Crippen LogP contribution is 2.32. The molecule has 0 fully saturated rings. The van der Waals surface area contributed by atoms with E-state index in [1.165, 1.54) is 23.5 Å². The van der Waals surface area contributed by atoms with Crippen LogP contribution in [0, 0.1) is 5.82 Å². The molecule has 0 aliphatic carbocycles. The van der Waals surface area contributed by atoms with Gasteiger partial charge in [0, 0.05) is 23.1 Å². The summed E-state index contributed by atoms with van der Waals surface area (Å²) in [5.74, 6) is -0.288. The minimum absolute atomic E-state index is 0.0344. The molecular formula is C19H17Cl2FN2OS. The van der Waals surface area contributed by atoms with Crippen LogP contribution < -0.4 is 4.80 Å². The van der Waals surface area contributed by atoms with Crippen LogP contribution in [-0.2, 0) is 4.74 Å². The third kappa shape index (κ3) is 4.18. The van der Waals surface area contributed by atoms with Crippen LogP contribution in [0.15, 0.2) is 52.8 Å². The van der Waals surface area contributed by atoms with Gasteiger partial charge in [-0.05, 0) is 49.4 Å². The van der Waals surface area contributed by atoms with Gasteiger partial charge in [0.15, 0.2) is 4.80 Å². The quantitative estimate of drug-likeness (QED) is 0.498. The van der Waals surface area contributed by atoms with Gasteiger partial charge in [-0.15, -0.1) is 11.3 Å². The first-order chi connectivity index (χ1) is 12.5. The zero-order valence-electron chi connectivity index (χ0n) is 14.2. The summed E-state index contributed by atoms with van der Waals surface area (Å²) in [5.41, 5.74) is 2.48. The number of benzene rings is 2. The third-order valence-corrected chi connectivity index (χ3v) is 5.24. The number of ether oxygens (including phenoxy) is 1. The fourth-order valence-electron chi connectivity index (χ4n) is 2.66. The molecule has 1 aromatic heterocycles. The molecule has 2 aromatic carbocycles. The molecule has 3 aromatic rings. The Hall–Kier alpha value is -1.66. The van der Waals surface area contributed by atoms with E-state index in [-0.39, 0.29) is 11.9 Å². The van der Waals surface area contributed by atoms with Crippen molar-refractivity contribution in [2.45, 2.75) is 13.0 Å². The minimum atomic E-state index is -0.288. The van der Waals surface area contributed by atoms with Gasteiger partial charge >= 0.3 is 0 Å². The first-order valence-electron chi connectivity index (χ1n) is 7.94. The monoisotopic (exact) mass is 410 g/mol. The summed E-state index contributed by atoms with van der Waals surface area (Å²) < 4.78 is 20.6. The molecule has 0 unspecified atom stereocenters. The van der Waals surface area contributed by atoms with Gasteiger partial charge in [-0.1, -0.05) is 23.2 Å². The molecule has 3 nitrogen and oxygen atoms in total. The van der Waals surface area contributed by atoms with E-state index in [1.807, 2.05) is 24.4 Å². The van der Waals surface area contributed by atoms with Crippen molar-refractivity contribution in [2.24, 2.45) is 4.99 Å². The number of rotatable bonds is 5. The van der Waals surface area contributed by atoms with Crippen LogP contribution >= 0.6 is 34.5 Å². The van der Waals surface area contributed by atoms with Crippen molar-refractivity contribution in [3.05, 3.63) is 68.5 Å². The summed E-state index contributed by atoms with van der Waals surface area (Å²) in [7, 11) is 1.66. The SMILES string of the molecule is COC[C@@H](C)n1c(-c2ccc(Cl)cc2Cl)csc1=Nc1ccc(F)cc1. The number of halogens is 3. The molecule has 0 saturated heterocycles. The molecule has 7 heteroatoms. The summed E-state index contributed by atoms with van der Waals surface area (Å²) in [5, 5.41) is 3.16. The predicted octanol–water partition coefficient (Wildman–Crippen LogP) is 6.10. The summed E-state index contributed by atoms with van der Waals surface area (Å²) in [6.07, 6.45) is 0. The third-order valence-electron chi connectivity index (χ3n) is 3.85. The van der Waals surface area contributed by atoms with Crippen molar-refractivity contribution in [1.82, 2.24) is 4.57 Å². The van der Waals surface area contributed by atoms with Crippen LogP contribution in [0.1, 0.15) is 13.0 Å². The van der Waals surface area contributed by atoms with Gasteiger partial charge in [0.25, 0.3) is 0 Å². The van der Waals surface area contributed by atoms with E-state index in [2.05, 4.69) is 9.56 Å². The molecule has 0 aliphatic rings. The summed E-state index contributed by atoms with van der Waals surface area (Å²) in [4.78, 5) is 5.45. The second-order valence-corrected chi connectivity index (χ2v) is 7.47. The minimum Gasteiger partial charge on any atom is -0.383 e. The lowest BCUT2D eigenvalue weighted by molar-refractivity contribution is 0.162. The first kappa shape index (κ1) is 19.1.